The molecular weight excluding hydrogens is 200 g/mol. The molecule has 1 rings (SSSR count). The molecule has 96 valence electrons. The first-order valence-electron chi connectivity index (χ1n) is 6.61. The fourth-order valence-electron chi connectivity index (χ4n) is 2.28. The van der Waals surface area contributed by atoms with Gasteiger partial charge >= 0.3 is 0 Å². The molecule has 0 radical (unpaired) electrons. The first-order chi connectivity index (χ1) is 7.57. The van der Waals surface area contributed by atoms with Crippen LogP contribution in [0.5, 0.6) is 0 Å². The van der Waals surface area contributed by atoms with Crippen LogP contribution in [-0.2, 0) is 0 Å². The van der Waals surface area contributed by atoms with E-state index >= 15 is 0 Å². The Morgan fingerprint density at radius 2 is 1.94 bits per heavy atom. The van der Waals surface area contributed by atoms with E-state index in [9.17, 15) is 0 Å². The highest BCUT2D eigenvalue weighted by molar-refractivity contribution is 4.74. The van der Waals surface area contributed by atoms with E-state index in [1.807, 2.05) is 0 Å². The molecular formula is C13H28N2O. The number of aliphatic hydroxyl groups is 1. The lowest BCUT2D eigenvalue weighted by atomic mass is 9.88. The van der Waals surface area contributed by atoms with Crippen molar-refractivity contribution in [2.24, 2.45) is 17.1 Å². The molecule has 0 aromatic carbocycles. The molecule has 0 saturated carbocycles. The Morgan fingerprint density at radius 3 is 2.44 bits per heavy atom. The Kier molecular flexibility index (Phi) is 5.73. The lowest BCUT2D eigenvalue weighted by Crippen LogP contribution is -2.36. The van der Waals surface area contributed by atoms with Crippen LogP contribution < -0.4 is 5.73 Å². The average molecular weight is 228 g/mol. The van der Waals surface area contributed by atoms with Crippen LogP contribution in [-0.4, -0.2) is 42.8 Å². The van der Waals surface area contributed by atoms with Gasteiger partial charge in [0.25, 0.3) is 0 Å². The SMILES string of the molecule is CC(C)(CN)CCCN1CCC(CO)CC1. The highest BCUT2D eigenvalue weighted by atomic mass is 16.3. The summed E-state index contributed by atoms with van der Waals surface area (Å²) in [4.78, 5) is 2.53. The van der Waals surface area contributed by atoms with Gasteiger partial charge in [0, 0.05) is 6.61 Å². The lowest BCUT2D eigenvalue weighted by Gasteiger charge is -2.32. The van der Waals surface area contributed by atoms with Crippen LogP contribution >= 0.6 is 0 Å². The molecule has 1 aliphatic rings. The minimum atomic E-state index is 0.295. The number of nitrogens with two attached hydrogens (primary N) is 1. The fraction of sp³-hybridized carbons (Fsp3) is 1.00. The average Bonchev–Trinajstić information content (AvgIpc) is 2.30. The van der Waals surface area contributed by atoms with Gasteiger partial charge in [-0.3, -0.25) is 0 Å². The van der Waals surface area contributed by atoms with Crippen LogP contribution in [0.4, 0.5) is 0 Å². The summed E-state index contributed by atoms with van der Waals surface area (Å²) in [5, 5.41) is 9.06. The second kappa shape index (κ2) is 6.58. The monoisotopic (exact) mass is 228 g/mol. The number of hydrogen-bond donors (Lipinski definition) is 2. The third-order valence-electron chi connectivity index (χ3n) is 3.85. The van der Waals surface area contributed by atoms with Crippen molar-refractivity contribution >= 4 is 0 Å². The van der Waals surface area contributed by atoms with Crippen molar-refractivity contribution < 1.29 is 5.11 Å². The second-order valence-corrected chi connectivity index (χ2v) is 5.94. The summed E-state index contributed by atoms with van der Waals surface area (Å²) in [7, 11) is 0. The number of rotatable bonds is 6. The molecule has 3 heteroatoms. The van der Waals surface area contributed by atoms with Crippen LogP contribution in [0, 0.1) is 11.3 Å². The summed E-state index contributed by atoms with van der Waals surface area (Å²) in [6.07, 6.45) is 4.78. The number of hydrogen-bond acceptors (Lipinski definition) is 3. The van der Waals surface area contributed by atoms with Gasteiger partial charge in [0.1, 0.15) is 0 Å². The quantitative estimate of drug-likeness (QED) is 0.723. The van der Waals surface area contributed by atoms with Crippen molar-refractivity contribution in [3.8, 4) is 0 Å². The van der Waals surface area contributed by atoms with E-state index in [0.717, 1.165) is 32.5 Å². The van der Waals surface area contributed by atoms with E-state index in [4.69, 9.17) is 10.8 Å². The van der Waals surface area contributed by atoms with E-state index in [-0.39, 0.29) is 0 Å². The minimum Gasteiger partial charge on any atom is -0.396 e. The molecule has 0 amide bonds. The van der Waals surface area contributed by atoms with Crippen LogP contribution in [0.3, 0.4) is 0 Å². The largest absolute Gasteiger partial charge is 0.396 e. The van der Waals surface area contributed by atoms with Gasteiger partial charge in [0.2, 0.25) is 0 Å². The van der Waals surface area contributed by atoms with Gasteiger partial charge in [-0.05, 0) is 63.2 Å². The Balaban J connectivity index is 2.11. The van der Waals surface area contributed by atoms with Crippen LogP contribution in [0.25, 0.3) is 0 Å². The molecule has 1 saturated heterocycles. The molecule has 1 heterocycles. The van der Waals surface area contributed by atoms with Gasteiger partial charge in [-0.15, -0.1) is 0 Å². The number of likely N-dealkylation sites (tertiary alicyclic amines) is 1. The van der Waals surface area contributed by atoms with E-state index < -0.39 is 0 Å². The van der Waals surface area contributed by atoms with Gasteiger partial charge in [-0.25, -0.2) is 0 Å². The molecule has 0 atom stereocenters. The zero-order valence-corrected chi connectivity index (χ0v) is 10.9. The van der Waals surface area contributed by atoms with E-state index in [1.54, 1.807) is 0 Å². The molecule has 0 aromatic rings. The predicted octanol–water partition coefficient (Wildman–Crippen LogP) is 1.46. The maximum absolute atomic E-state index is 9.06. The Bertz CT molecular complexity index is 186. The summed E-state index contributed by atoms with van der Waals surface area (Å²) < 4.78 is 0. The van der Waals surface area contributed by atoms with Gasteiger partial charge < -0.3 is 15.7 Å². The van der Waals surface area contributed by atoms with E-state index in [0.29, 0.717) is 17.9 Å². The molecule has 1 fully saturated rings. The second-order valence-electron chi connectivity index (χ2n) is 5.94. The van der Waals surface area contributed by atoms with Crippen molar-refractivity contribution in [1.29, 1.82) is 0 Å². The number of nitrogens with zero attached hydrogens (tertiary/aromatic N) is 1. The maximum Gasteiger partial charge on any atom is 0.0460 e. The van der Waals surface area contributed by atoms with Crippen LogP contribution in [0.1, 0.15) is 39.5 Å². The maximum atomic E-state index is 9.06. The summed E-state index contributed by atoms with van der Waals surface area (Å²) in [6.45, 7) is 9.15. The molecule has 0 spiro atoms. The summed E-state index contributed by atoms with van der Waals surface area (Å²) >= 11 is 0. The van der Waals surface area contributed by atoms with Crippen LogP contribution in [0.15, 0.2) is 0 Å². The van der Waals surface area contributed by atoms with Crippen LogP contribution in [0.2, 0.25) is 0 Å². The van der Waals surface area contributed by atoms with E-state index in [1.165, 1.54) is 19.4 Å². The predicted molar refractivity (Wildman–Crippen MR) is 68.3 cm³/mol. The first kappa shape index (κ1) is 13.9. The summed E-state index contributed by atoms with van der Waals surface area (Å²) in [6, 6.07) is 0. The molecule has 0 unspecified atom stereocenters. The van der Waals surface area contributed by atoms with Crippen molar-refractivity contribution in [2.75, 3.05) is 32.8 Å². The van der Waals surface area contributed by atoms with Gasteiger partial charge in [0.15, 0.2) is 0 Å². The van der Waals surface area contributed by atoms with Crippen molar-refractivity contribution in [3.05, 3.63) is 0 Å². The minimum absolute atomic E-state index is 0.295. The first-order valence-corrected chi connectivity index (χ1v) is 6.61. The van der Waals surface area contributed by atoms with Crippen molar-refractivity contribution in [1.82, 2.24) is 4.90 Å². The standard InChI is InChI=1S/C13H28N2O/c1-13(2,11-14)6-3-7-15-8-4-12(10-16)5-9-15/h12,16H,3-11,14H2,1-2H3. The highest BCUT2D eigenvalue weighted by Gasteiger charge is 2.19. The van der Waals surface area contributed by atoms with Gasteiger partial charge in [-0.1, -0.05) is 13.8 Å². The number of aliphatic hydroxyl groups excluding tert-OH is 1. The molecule has 1 aliphatic heterocycles. The van der Waals surface area contributed by atoms with Gasteiger partial charge in [0.05, 0.1) is 0 Å². The Hall–Kier alpha value is -0.120. The molecule has 0 aromatic heterocycles. The molecule has 0 bridgehead atoms. The smallest absolute Gasteiger partial charge is 0.0460 e. The van der Waals surface area contributed by atoms with E-state index in [2.05, 4.69) is 18.7 Å². The summed E-state index contributed by atoms with van der Waals surface area (Å²) in [5.41, 5.74) is 6.02. The van der Waals surface area contributed by atoms with Crippen molar-refractivity contribution in [2.45, 2.75) is 39.5 Å². The molecule has 3 N–H and O–H groups in total. The lowest BCUT2D eigenvalue weighted by molar-refractivity contribution is 0.127. The molecule has 0 aliphatic carbocycles. The zero-order chi connectivity index (χ0) is 12.0. The topological polar surface area (TPSA) is 49.5 Å². The third kappa shape index (κ3) is 4.81. The van der Waals surface area contributed by atoms with Gasteiger partial charge in [-0.2, -0.15) is 0 Å². The molecule has 16 heavy (non-hydrogen) atoms. The number of piperidine rings is 1. The summed E-state index contributed by atoms with van der Waals surface area (Å²) in [5.74, 6) is 0.553. The van der Waals surface area contributed by atoms with Crippen molar-refractivity contribution in [3.63, 3.8) is 0 Å². The fourth-order valence-corrected chi connectivity index (χ4v) is 2.28. The third-order valence-corrected chi connectivity index (χ3v) is 3.85. The normalized spacial score (nSPS) is 20.2. The highest BCUT2D eigenvalue weighted by Crippen LogP contribution is 2.22. The zero-order valence-electron chi connectivity index (χ0n) is 10.9. The Labute approximate surface area is 100 Å². The molecule has 3 nitrogen and oxygen atoms in total. The Morgan fingerprint density at radius 1 is 1.31 bits per heavy atom.